The predicted molar refractivity (Wildman–Crippen MR) is 120 cm³/mol. The van der Waals surface area contributed by atoms with E-state index in [1.54, 1.807) is 47.9 Å². The second kappa shape index (κ2) is 9.07. The van der Waals surface area contributed by atoms with Crippen molar-refractivity contribution in [2.45, 2.75) is 56.5 Å². The highest BCUT2D eigenvalue weighted by atomic mass is 32.2. The Morgan fingerprint density at radius 1 is 1.22 bits per heavy atom. The molecule has 1 aromatic heterocycles. The largest absolute Gasteiger partial charge is 0.467 e. The van der Waals surface area contributed by atoms with Gasteiger partial charge in [0.15, 0.2) is 0 Å². The molecule has 0 radical (unpaired) electrons. The van der Waals surface area contributed by atoms with E-state index in [1.807, 2.05) is 6.92 Å². The van der Waals surface area contributed by atoms with E-state index in [4.69, 9.17) is 4.42 Å². The first-order chi connectivity index (χ1) is 15.3. The van der Waals surface area contributed by atoms with Crippen molar-refractivity contribution < 1.29 is 22.4 Å². The van der Waals surface area contributed by atoms with Gasteiger partial charge in [-0.1, -0.05) is 6.42 Å². The Morgan fingerprint density at radius 3 is 2.75 bits per heavy atom. The van der Waals surface area contributed by atoms with E-state index in [1.165, 1.54) is 9.80 Å². The minimum atomic E-state index is -3.60. The third-order valence-corrected chi connectivity index (χ3v) is 8.30. The molecule has 172 valence electrons. The van der Waals surface area contributed by atoms with Gasteiger partial charge in [0, 0.05) is 31.7 Å². The van der Waals surface area contributed by atoms with Gasteiger partial charge in [-0.05, 0) is 62.1 Å². The van der Waals surface area contributed by atoms with Crippen molar-refractivity contribution >= 4 is 27.5 Å². The number of piperidine rings is 1. The Morgan fingerprint density at radius 2 is 2.03 bits per heavy atom. The predicted octanol–water partition coefficient (Wildman–Crippen LogP) is 2.78. The van der Waals surface area contributed by atoms with Crippen LogP contribution in [0.25, 0.3) is 0 Å². The van der Waals surface area contributed by atoms with Gasteiger partial charge in [-0.2, -0.15) is 4.31 Å². The lowest BCUT2D eigenvalue weighted by molar-refractivity contribution is -0.131. The van der Waals surface area contributed by atoms with E-state index in [2.05, 4.69) is 0 Å². The molecule has 0 N–H and O–H groups in total. The number of furan rings is 1. The number of anilines is 1. The second-order valence-electron chi connectivity index (χ2n) is 8.56. The molecule has 2 amide bonds. The second-order valence-corrected chi connectivity index (χ2v) is 10.5. The summed E-state index contributed by atoms with van der Waals surface area (Å²) in [7, 11) is -1.93. The van der Waals surface area contributed by atoms with Crippen LogP contribution in [0.2, 0.25) is 0 Å². The highest BCUT2D eigenvalue weighted by Gasteiger charge is 2.33. The van der Waals surface area contributed by atoms with Crippen LogP contribution in [0.15, 0.2) is 45.9 Å². The molecule has 1 atom stereocenters. The zero-order valence-corrected chi connectivity index (χ0v) is 19.3. The maximum atomic E-state index is 13.2. The number of aryl methyl sites for hydroxylation is 1. The molecule has 0 bridgehead atoms. The molecule has 32 heavy (non-hydrogen) atoms. The van der Waals surface area contributed by atoms with Crippen LogP contribution in [0.3, 0.4) is 0 Å². The number of nitrogens with zero attached hydrogens (tertiary/aromatic N) is 3. The third kappa shape index (κ3) is 4.45. The Labute approximate surface area is 188 Å². The van der Waals surface area contributed by atoms with Gasteiger partial charge in [0.2, 0.25) is 21.8 Å². The maximum absolute atomic E-state index is 13.2. The average molecular weight is 460 g/mol. The van der Waals surface area contributed by atoms with Gasteiger partial charge >= 0.3 is 0 Å². The van der Waals surface area contributed by atoms with Crippen molar-refractivity contribution in [2.75, 3.05) is 25.0 Å². The van der Waals surface area contributed by atoms with Crippen LogP contribution in [-0.2, 0) is 32.6 Å². The van der Waals surface area contributed by atoms with E-state index in [0.29, 0.717) is 31.0 Å². The fraction of sp³-hybridized carbons (Fsp3) is 0.478. The number of hydrogen-bond donors (Lipinski definition) is 0. The van der Waals surface area contributed by atoms with Crippen molar-refractivity contribution in [3.8, 4) is 0 Å². The van der Waals surface area contributed by atoms with Gasteiger partial charge in [-0.25, -0.2) is 8.42 Å². The van der Waals surface area contributed by atoms with Crippen LogP contribution in [0.1, 0.15) is 43.9 Å². The molecular weight excluding hydrogens is 430 g/mol. The monoisotopic (exact) mass is 459 g/mol. The number of likely N-dealkylation sites (N-methyl/N-ethyl adjacent to an activating group) is 1. The zero-order chi connectivity index (χ0) is 22.9. The van der Waals surface area contributed by atoms with Crippen LogP contribution in [0.5, 0.6) is 0 Å². The number of sulfonamides is 1. The van der Waals surface area contributed by atoms with Gasteiger partial charge in [0.1, 0.15) is 12.3 Å². The summed E-state index contributed by atoms with van der Waals surface area (Å²) in [5, 5.41) is 0. The highest BCUT2D eigenvalue weighted by molar-refractivity contribution is 7.89. The Balaban J connectivity index is 1.54. The lowest BCUT2D eigenvalue weighted by Crippen LogP contribution is -2.44. The molecule has 2 aliphatic rings. The zero-order valence-electron chi connectivity index (χ0n) is 18.5. The lowest BCUT2D eigenvalue weighted by Gasteiger charge is -2.33. The van der Waals surface area contributed by atoms with Crippen LogP contribution in [0.4, 0.5) is 5.69 Å². The number of carbonyl (C=O) groups excluding carboxylic acids is 2. The minimum Gasteiger partial charge on any atom is -0.467 e. The van der Waals surface area contributed by atoms with Crippen LogP contribution in [0, 0.1) is 0 Å². The summed E-state index contributed by atoms with van der Waals surface area (Å²) in [5.74, 6) is 0.298. The number of carbonyl (C=O) groups is 2. The van der Waals surface area contributed by atoms with Gasteiger partial charge in [-0.15, -0.1) is 0 Å². The van der Waals surface area contributed by atoms with Gasteiger partial charge in [0.25, 0.3) is 0 Å². The van der Waals surface area contributed by atoms with Crippen LogP contribution >= 0.6 is 0 Å². The summed E-state index contributed by atoms with van der Waals surface area (Å²) < 4.78 is 33.3. The summed E-state index contributed by atoms with van der Waals surface area (Å²) >= 11 is 0. The van der Waals surface area contributed by atoms with Crippen molar-refractivity contribution in [3.05, 3.63) is 47.9 Å². The summed E-state index contributed by atoms with van der Waals surface area (Å²) in [4.78, 5) is 28.6. The number of amides is 2. The third-order valence-electron chi connectivity index (χ3n) is 6.29. The summed E-state index contributed by atoms with van der Waals surface area (Å²) in [6.07, 6.45) is 5.02. The number of benzene rings is 1. The quantitative estimate of drug-likeness (QED) is 0.663. The number of rotatable bonds is 6. The summed E-state index contributed by atoms with van der Waals surface area (Å²) in [6, 6.07) is 8.41. The average Bonchev–Trinajstić information content (AvgIpc) is 3.28. The van der Waals surface area contributed by atoms with Gasteiger partial charge in [0.05, 0.1) is 17.7 Å². The van der Waals surface area contributed by atoms with Crippen molar-refractivity contribution in [1.82, 2.24) is 9.21 Å². The van der Waals surface area contributed by atoms with Crippen molar-refractivity contribution in [1.29, 1.82) is 0 Å². The molecule has 1 unspecified atom stereocenters. The summed E-state index contributed by atoms with van der Waals surface area (Å²) in [6.45, 7) is 2.69. The number of fused-ring (bicyclic) bond motifs is 1. The molecule has 0 spiro atoms. The maximum Gasteiger partial charge on any atom is 0.243 e. The van der Waals surface area contributed by atoms with Crippen LogP contribution < -0.4 is 4.90 Å². The highest BCUT2D eigenvalue weighted by Crippen LogP contribution is 2.32. The molecule has 3 heterocycles. The smallest absolute Gasteiger partial charge is 0.243 e. The number of hydrogen-bond acceptors (Lipinski definition) is 5. The molecule has 1 fully saturated rings. The molecule has 2 aliphatic heterocycles. The molecular formula is C23H29N3O5S. The van der Waals surface area contributed by atoms with Crippen molar-refractivity contribution in [3.63, 3.8) is 0 Å². The Bertz CT molecular complexity index is 1100. The van der Waals surface area contributed by atoms with E-state index >= 15 is 0 Å². The fourth-order valence-corrected chi connectivity index (χ4v) is 6.17. The van der Waals surface area contributed by atoms with E-state index in [9.17, 15) is 18.0 Å². The van der Waals surface area contributed by atoms with Gasteiger partial charge < -0.3 is 14.2 Å². The standard InChI is InChI=1S/C23H29N3O5S/c1-17-6-3-4-12-26(17)32(29,30)20-9-10-21-18(14-20)8-11-22(27)25(21)16-23(28)24(2)15-19-7-5-13-31-19/h5,7,9-10,13-14,17H,3-4,6,8,11-12,15-16H2,1-2H3. The lowest BCUT2D eigenvalue weighted by atomic mass is 10.0. The first-order valence-electron chi connectivity index (χ1n) is 11.0. The molecule has 2 aromatic rings. The van der Waals surface area contributed by atoms with Gasteiger partial charge in [-0.3, -0.25) is 9.59 Å². The molecule has 1 aromatic carbocycles. The van der Waals surface area contributed by atoms with E-state index < -0.39 is 10.0 Å². The molecule has 8 nitrogen and oxygen atoms in total. The normalized spacial score (nSPS) is 19.6. The topological polar surface area (TPSA) is 91.1 Å². The molecule has 9 heteroatoms. The molecule has 0 aliphatic carbocycles. The first kappa shape index (κ1) is 22.5. The molecule has 4 rings (SSSR count). The Hall–Kier alpha value is -2.65. The summed E-state index contributed by atoms with van der Waals surface area (Å²) in [5.41, 5.74) is 1.38. The van der Waals surface area contributed by atoms with E-state index in [-0.39, 0.29) is 35.7 Å². The fourth-order valence-electron chi connectivity index (χ4n) is 4.41. The molecule has 1 saturated heterocycles. The first-order valence-corrected chi connectivity index (χ1v) is 12.4. The SMILES string of the molecule is CC1CCCCN1S(=O)(=O)c1ccc2c(c1)CCC(=O)N2CC(=O)N(C)Cc1ccco1. The Kier molecular flexibility index (Phi) is 6.39. The van der Waals surface area contributed by atoms with Crippen LogP contribution in [-0.4, -0.2) is 55.6 Å². The van der Waals surface area contributed by atoms with Crippen molar-refractivity contribution in [2.24, 2.45) is 0 Å². The minimum absolute atomic E-state index is 0.0230. The van der Waals surface area contributed by atoms with E-state index in [0.717, 1.165) is 24.8 Å². The molecule has 0 saturated carbocycles.